The highest BCUT2D eigenvalue weighted by molar-refractivity contribution is 7.80. The number of benzene rings is 1. The molecule has 0 unspecified atom stereocenters. The predicted octanol–water partition coefficient (Wildman–Crippen LogP) is 1.58. The summed E-state index contributed by atoms with van der Waals surface area (Å²) in [5.41, 5.74) is -0.885. The number of hydrogen-bond acceptors (Lipinski definition) is 5. The Morgan fingerprint density at radius 1 is 1.27 bits per heavy atom. The van der Waals surface area contributed by atoms with E-state index in [1.807, 2.05) is 0 Å². The van der Waals surface area contributed by atoms with Crippen molar-refractivity contribution in [1.29, 1.82) is 0 Å². The SMILES string of the molecule is O=C(O)Oc1c(-c2ccccc2)[nH]c(=O)n(CCCS)c1=O. The van der Waals surface area contributed by atoms with Gasteiger partial charge < -0.3 is 14.8 Å². The fourth-order valence-corrected chi connectivity index (χ4v) is 2.12. The number of nitrogens with one attached hydrogen (secondary N) is 1. The molecule has 0 fully saturated rings. The molecule has 8 heteroatoms. The molecule has 0 bridgehead atoms. The Balaban J connectivity index is 2.66. The Morgan fingerprint density at radius 3 is 2.55 bits per heavy atom. The van der Waals surface area contributed by atoms with Gasteiger partial charge in [0.05, 0.1) is 5.69 Å². The summed E-state index contributed by atoms with van der Waals surface area (Å²) in [6, 6.07) is 8.43. The summed E-state index contributed by atoms with van der Waals surface area (Å²) in [6.07, 6.45) is -1.13. The van der Waals surface area contributed by atoms with Crippen LogP contribution in [0.4, 0.5) is 4.79 Å². The maximum absolute atomic E-state index is 12.4. The topological polar surface area (TPSA) is 101 Å². The highest BCUT2D eigenvalue weighted by atomic mass is 32.1. The average Bonchev–Trinajstić information content (AvgIpc) is 2.50. The second-order valence-electron chi connectivity index (χ2n) is 4.40. The summed E-state index contributed by atoms with van der Waals surface area (Å²) < 4.78 is 5.50. The second kappa shape index (κ2) is 6.99. The highest BCUT2D eigenvalue weighted by Crippen LogP contribution is 2.23. The number of H-pyrrole nitrogens is 1. The van der Waals surface area contributed by atoms with Crippen molar-refractivity contribution in [3.63, 3.8) is 0 Å². The van der Waals surface area contributed by atoms with Crippen LogP contribution in [-0.4, -0.2) is 26.6 Å². The minimum atomic E-state index is -1.62. The van der Waals surface area contributed by atoms with Crippen molar-refractivity contribution in [3.8, 4) is 17.0 Å². The quantitative estimate of drug-likeness (QED) is 0.573. The molecule has 7 nitrogen and oxygen atoms in total. The van der Waals surface area contributed by atoms with E-state index in [2.05, 4.69) is 22.3 Å². The van der Waals surface area contributed by atoms with E-state index in [1.165, 1.54) is 0 Å². The fourth-order valence-electron chi connectivity index (χ4n) is 1.97. The van der Waals surface area contributed by atoms with Gasteiger partial charge in [-0.3, -0.25) is 9.36 Å². The number of carboxylic acid groups (broad SMARTS) is 1. The summed E-state index contributed by atoms with van der Waals surface area (Å²) in [4.78, 5) is 37.8. The van der Waals surface area contributed by atoms with E-state index in [0.717, 1.165) is 4.57 Å². The van der Waals surface area contributed by atoms with Gasteiger partial charge in [0.2, 0.25) is 5.75 Å². The lowest BCUT2D eigenvalue weighted by atomic mass is 10.1. The molecule has 0 aliphatic heterocycles. The molecule has 2 aromatic rings. The molecule has 1 heterocycles. The number of nitrogens with zero attached hydrogens (tertiary/aromatic N) is 1. The molecule has 0 amide bonds. The third kappa shape index (κ3) is 3.40. The van der Waals surface area contributed by atoms with Crippen molar-refractivity contribution in [1.82, 2.24) is 9.55 Å². The van der Waals surface area contributed by atoms with Gasteiger partial charge in [0, 0.05) is 12.1 Å². The van der Waals surface area contributed by atoms with Crippen LogP contribution in [0.25, 0.3) is 11.3 Å². The van der Waals surface area contributed by atoms with Crippen LogP contribution in [0, 0.1) is 0 Å². The second-order valence-corrected chi connectivity index (χ2v) is 4.85. The first-order chi connectivity index (χ1) is 10.5. The van der Waals surface area contributed by atoms with E-state index >= 15 is 0 Å². The molecule has 0 saturated carbocycles. The lowest BCUT2D eigenvalue weighted by molar-refractivity contribution is 0.143. The summed E-state index contributed by atoms with van der Waals surface area (Å²) in [7, 11) is 0. The summed E-state index contributed by atoms with van der Waals surface area (Å²) >= 11 is 4.03. The maximum Gasteiger partial charge on any atom is 0.511 e. The van der Waals surface area contributed by atoms with E-state index in [0.29, 0.717) is 17.7 Å². The maximum atomic E-state index is 12.4. The van der Waals surface area contributed by atoms with Crippen molar-refractivity contribution in [3.05, 3.63) is 51.2 Å². The van der Waals surface area contributed by atoms with Crippen molar-refractivity contribution >= 4 is 18.8 Å². The Kier molecular flexibility index (Phi) is 5.05. The van der Waals surface area contributed by atoms with Gasteiger partial charge in [0.25, 0.3) is 5.56 Å². The van der Waals surface area contributed by atoms with Crippen molar-refractivity contribution < 1.29 is 14.6 Å². The number of carbonyl (C=O) groups is 1. The fraction of sp³-hybridized carbons (Fsp3) is 0.214. The molecule has 0 aliphatic carbocycles. The largest absolute Gasteiger partial charge is 0.511 e. The number of rotatable bonds is 5. The molecule has 1 aromatic carbocycles. The Labute approximate surface area is 130 Å². The number of hydrogen-bond donors (Lipinski definition) is 3. The van der Waals surface area contributed by atoms with Gasteiger partial charge in [-0.25, -0.2) is 9.59 Å². The minimum Gasteiger partial charge on any atom is -0.449 e. The van der Waals surface area contributed by atoms with Crippen LogP contribution in [0.3, 0.4) is 0 Å². The van der Waals surface area contributed by atoms with Crippen LogP contribution < -0.4 is 16.0 Å². The molecule has 22 heavy (non-hydrogen) atoms. The van der Waals surface area contributed by atoms with Crippen LogP contribution in [0.1, 0.15) is 6.42 Å². The zero-order valence-electron chi connectivity index (χ0n) is 11.5. The molecule has 0 radical (unpaired) electrons. The van der Waals surface area contributed by atoms with E-state index in [9.17, 15) is 14.4 Å². The van der Waals surface area contributed by atoms with Crippen molar-refractivity contribution in [2.24, 2.45) is 0 Å². The summed E-state index contributed by atoms with van der Waals surface area (Å²) in [5.74, 6) is 0.0685. The van der Waals surface area contributed by atoms with E-state index in [1.54, 1.807) is 30.3 Å². The van der Waals surface area contributed by atoms with Gasteiger partial charge in [-0.05, 0) is 12.2 Å². The monoisotopic (exact) mass is 322 g/mol. The van der Waals surface area contributed by atoms with Gasteiger partial charge in [-0.15, -0.1) is 0 Å². The van der Waals surface area contributed by atoms with Gasteiger partial charge in [0.1, 0.15) is 0 Å². The third-order valence-electron chi connectivity index (χ3n) is 2.94. The van der Waals surface area contributed by atoms with E-state index in [-0.39, 0.29) is 12.2 Å². The standard InChI is InChI=1S/C14H14N2O5S/c17-12-11(21-14(19)20)10(9-5-2-1-3-6-9)15-13(18)16(12)7-4-8-22/h1-3,5-6,22H,4,7-8H2,(H,15,18)(H,19,20). The first-order valence-corrected chi connectivity index (χ1v) is 7.12. The molecule has 0 aliphatic rings. The normalized spacial score (nSPS) is 10.4. The van der Waals surface area contributed by atoms with Crippen molar-refractivity contribution in [2.45, 2.75) is 13.0 Å². The Bertz CT molecular complexity index is 782. The highest BCUT2D eigenvalue weighted by Gasteiger charge is 2.19. The Morgan fingerprint density at radius 2 is 1.95 bits per heavy atom. The Hall–Kier alpha value is -2.48. The van der Waals surface area contributed by atoms with Crippen LogP contribution in [0.2, 0.25) is 0 Å². The zero-order valence-corrected chi connectivity index (χ0v) is 12.4. The third-order valence-corrected chi connectivity index (χ3v) is 3.25. The smallest absolute Gasteiger partial charge is 0.449 e. The van der Waals surface area contributed by atoms with Crippen LogP contribution in [0.5, 0.6) is 5.75 Å². The molecule has 1 aromatic heterocycles. The lowest BCUT2D eigenvalue weighted by Crippen LogP contribution is -2.37. The van der Waals surface area contributed by atoms with E-state index < -0.39 is 23.2 Å². The van der Waals surface area contributed by atoms with Crippen LogP contribution in [0.15, 0.2) is 39.9 Å². The molecular weight excluding hydrogens is 308 g/mol. The first-order valence-electron chi connectivity index (χ1n) is 6.48. The lowest BCUT2D eigenvalue weighted by Gasteiger charge is -2.11. The van der Waals surface area contributed by atoms with Gasteiger partial charge >= 0.3 is 11.8 Å². The number of aromatic amines is 1. The molecule has 116 valence electrons. The molecule has 0 saturated heterocycles. The minimum absolute atomic E-state index is 0.0418. The molecular formula is C14H14N2O5S. The summed E-state index contributed by atoms with van der Waals surface area (Å²) in [6.45, 7) is 0.128. The van der Waals surface area contributed by atoms with Crippen molar-refractivity contribution in [2.75, 3.05) is 5.75 Å². The first kappa shape index (κ1) is 15.9. The number of thiol groups is 1. The van der Waals surface area contributed by atoms with E-state index in [4.69, 9.17) is 5.11 Å². The molecule has 0 atom stereocenters. The molecule has 2 rings (SSSR count). The average molecular weight is 322 g/mol. The zero-order chi connectivity index (χ0) is 16.1. The molecule has 0 spiro atoms. The van der Waals surface area contributed by atoms with Gasteiger partial charge in [-0.1, -0.05) is 30.3 Å². The van der Waals surface area contributed by atoms with Gasteiger partial charge in [0.15, 0.2) is 0 Å². The van der Waals surface area contributed by atoms with Crippen LogP contribution in [-0.2, 0) is 6.54 Å². The van der Waals surface area contributed by atoms with Crippen LogP contribution >= 0.6 is 12.6 Å². The number of ether oxygens (including phenoxy) is 1. The summed E-state index contributed by atoms with van der Waals surface area (Å²) in [5, 5.41) is 8.82. The molecule has 2 N–H and O–H groups in total. The van der Waals surface area contributed by atoms with Gasteiger partial charge in [-0.2, -0.15) is 12.6 Å². The number of aromatic nitrogens is 2. The predicted molar refractivity (Wildman–Crippen MR) is 83.9 cm³/mol.